The number of hydrogen-bond donors (Lipinski definition) is 0. The Hall–Kier alpha value is -2.23. The molecule has 1 aromatic carbocycles. The van der Waals surface area contributed by atoms with E-state index in [1.807, 2.05) is 24.3 Å². The van der Waals surface area contributed by atoms with Gasteiger partial charge in [0, 0.05) is 30.9 Å². The van der Waals surface area contributed by atoms with E-state index in [2.05, 4.69) is 4.98 Å². The second-order valence-corrected chi connectivity index (χ2v) is 4.30. The van der Waals surface area contributed by atoms with E-state index in [1.165, 1.54) is 18.3 Å². The molecule has 1 amide bonds. The van der Waals surface area contributed by atoms with Crippen LogP contribution in [0.3, 0.4) is 0 Å². The molecule has 0 saturated carbocycles. The zero-order valence-electron chi connectivity index (χ0n) is 9.64. The van der Waals surface area contributed by atoms with Gasteiger partial charge in [-0.05, 0) is 17.2 Å². The van der Waals surface area contributed by atoms with Gasteiger partial charge in [-0.15, -0.1) is 0 Å². The Morgan fingerprint density at radius 1 is 1.17 bits per heavy atom. The van der Waals surface area contributed by atoms with Gasteiger partial charge in [0.2, 0.25) is 5.95 Å². The number of amides is 1. The van der Waals surface area contributed by atoms with Crippen molar-refractivity contribution in [1.29, 1.82) is 0 Å². The summed E-state index contributed by atoms with van der Waals surface area (Å²) >= 11 is 0. The number of hydrogen-bond acceptors (Lipinski definition) is 2. The highest BCUT2D eigenvalue weighted by atomic mass is 19.1. The lowest BCUT2D eigenvalue weighted by Gasteiger charge is -2.15. The SMILES string of the molecule is O=C(c1ccnc(F)c1)N1Cc2ccccc2C1. The average molecular weight is 242 g/mol. The van der Waals surface area contributed by atoms with Crippen molar-refractivity contribution in [3.8, 4) is 0 Å². The van der Waals surface area contributed by atoms with Crippen molar-refractivity contribution in [2.24, 2.45) is 0 Å². The molecule has 3 nitrogen and oxygen atoms in total. The Labute approximate surface area is 104 Å². The van der Waals surface area contributed by atoms with Crippen molar-refractivity contribution >= 4 is 5.91 Å². The lowest BCUT2D eigenvalue weighted by molar-refractivity contribution is 0.0750. The van der Waals surface area contributed by atoms with Crippen LogP contribution < -0.4 is 0 Å². The summed E-state index contributed by atoms with van der Waals surface area (Å²) in [5.74, 6) is -0.787. The second kappa shape index (κ2) is 4.22. The van der Waals surface area contributed by atoms with Crippen molar-refractivity contribution in [3.63, 3.8) is 0 Å². The number of carbonyl (C=O) groups excluding carboxylic acids is 1. The molecule has 2 aromatic rings. The van der Waals surface area contributed by atoms with Gasteiger partial charge < -0.3 is 4.90 Å². The summed E-state index contributed by atoms with van der Waals surface area (Å²) in [4.78, 5) is 17.4. The van der Waals surface area contributed by atoms with Gasteiger partial charge in [-0.25, -0.2) is 4.98 Å². The van der Waals surface area contributed by atoms with Crippen LogP contribution in [0, 0.1) is 5.95 Å². The van der Waals surface area contributed by atoms with E-state index in [4.69, 9.17) is 0 Å². The highest BCUT2D eigenvalue weighted by Crippen LogP contribution is 2.23. The predicted molar refractivity (Wildman–Crippen MR) is 64.2 cm³/mol. The van der Waals surface area contributed by atoms with Crippen LogP contribution in [0.5, 0.6) is 0 Å². The van der Waals surface area contributed by atoms with E-state index in [0.717, 1.165) is 11.1 Å². The van der Waals surface area contributed by atoms with Gasteiger partial charge in [-0.2, -0.15) is 4.39 Å². The van der Waals surface area contributed by atoms with Crippen LogP contribution in [0.2, 0.25) is 0 Å². The summed E-state index contributed by atoms with van der Waals surface area (Å²) in [6.45, 7) is 1.16. The average Bonchev–Trinajstić information content (AvgIpc) is 2.81. The number of halogens is 1. The normalized spacial score (nSPS) is 13.5. The van der Waals surface area contributed by atoms with Crippen LogP contribution >= 0.6 is 0 Å². The smallest absolute Gasteiger partial charge is 0.254 e. The van der Waals surface area contributed by atoms with Crippen LogP contribution in [0.25, 0.3) is 0 Å². The summed E-state index contributed by atoms with van der Waals surface area (Å²) in [6.07, 6.45) is 1.31. The number of fused-ring (bicyclic) bond motifs is 1. The maximum absolute atomic E-state index is 13.0. The lowest BCUT2D eigenvalue weighted by atomic mass is 10.1. The van der Waals surface area contributed by atoms with E-state index < -0.39 is 5.95 Å². The molecule has 0 unspecified atom stereocenters. The summed E-state index contributed by atoms with van der Waals surface area (Å²) in [5, 5.41) is 0. The molecule has 1 aliphatic heterocycles. The fourth-order valence-electron chi connectivity index (χ4n) is 2.19. The molecule has 0 atom stereocenters. The third-order valence-electron chi connectivity index (χ3n) is 3.10. The van der Waals surface area contributed by atoms with Gasteiger partial charge in [-0.3, -0.25) is 4.79 Å². The molecule has 0 N–H and O–H groups in total. The summed E-state index contributed by atoms with van der Waals surface area (Å²) in [6, 6.07) is 10.6. The first kappa shape index (κ1) is 10.9. The molecule has 0 aliphatic carbocycles. The van der Waals surface area contributed by atoms with Gasteiger partial charge in [0.25, 0.3) is 5.91 Å². The largest absolute Gasteiger partial charge is 0.330 e. The molecule has 18 heavy (non-hydrogen) atoms. The molecule has 90 valence electrons. The number of rotatable bonds is 1. The summed E-state index contributed by atoms with van der Waals surface area (Å²) in [5.41, 5.74) is 2.65. The van der Waals surface area contributed by atoms with Crippen LogP contribution in [0.15, 0.2) is 42.6 Å². The fraction of sp³-hybridized carbons (Fsp3) is 0.143. The summed E-state index contributed by atoms with van der Waals surface area (Å²) < 4.78 is 13.0. The maximum Gasteiger partial charge on any atom is 0.254 e. The van der Waals surface area contributed by atoms with E-state index >= 15 is 0 Å². The minimum absolute atomic E-state index is 0.160. The molecule has 1 aliphatic rings. The van der Waals surface area contributed by atoms with Crippen molar-refractivity contribution in [2.75, 3.05) is 0 Å². The number of aromatic nitrogens is 1. The molecule has 4 heteroatoms. The highest BCUT2D eigenvalue weighted by molar-refractivity contribution is 5.94. The molecule has 1 aromatic heterocycles. The van der Waals surface area contributed by atoms with Gasteiger partial charge in [0.05, 0.1) is 0 Å². The van der Waals surface area contributed by atoms with Crippen LogP contribution in [-0.4, -0.2) is 15.8 Å². The van der Waals surface area contributed by atoms with Gasteiger partial charge in [-0.1, -0.05) is 24.3 Å². The van der Waals surface area contributed by atoms with Crippen LogP contribution in [-0.2, 0) is 13.1 Å². The quantitative estimate of drug-likeness (QED) is 0.719. The van der Waals surface area contributed by atoms with Gasteiger partial charge >= 0.3 is 0 Å². The predicted octanol–water partition coefficient (Wildman–Crippen LogP) is 2.38. The van der Waals surface area contributed by atoms with Crippen LogP contribution in [0.1, 0.15) is 21.5 Å². The topological polar surface area (TPSA) is 33.2 Å². The van der Waals surface area contributed by atoms with E-state index in [9.17, 15) is 9.18 Å². The Morgan fingerprint density at radius 3 is 2.44 bits per heavy atom. The number of benzene rings is 1. The van der Waals surface area contributed by atoms with Gasteiger partial charge in [0.15, 0.2) is 0 Å². The molecular weight excluding hydrogens is 231 g/mol. The standard InChI is InChI=1S/C14H11FN2O/c15-13-7-10(5-6-16-13)14(18)17-8-11-3-1-2-4-12(11)9-17/h1-7H,8-9H2. The Morgan fingerprint density at radius 2 is 1.83 bits per heavy atom. The highest BCUT2D eigenvalue weighted by Gasteiger charge is 2.23. The van der Waals surface area contributed by atoms with E-state index in [-0.39, 0.29) is 5.91 Å². The Bertz CT molecular complexity index is 587. The first-order chi connectivity index (χ1) is 8.74. The van der Waals surface area contributed by atoms with Crippen LogP contribution in [0.4, 0.5) is 4.39 Å². The molecule has 0 spiro atoms. The zero-order valence-corrected chi connectivity index (χ0v) is 9.64. The molecule has 0 radical (unpaired) electrons. The minimum atomic E-state index is -0.627. The van der Waals surface area contributed by atoms with Crippen molar-refractivity contribution in [1.82, 2.24) is 9.88 Å². The van der Waals surface area contributed by atoms with E-state index in [0.29, 0.717) is 18.7 Å². The third kappa shape index (κ3) is 1.86. The monoisotopic (exact) mass is 242 g/mol. The Balaban J connectivity index is 1.84. The Kier molecular flexibility index (Phi) is 2.55. The molecule has 0 saturated heterocycles. The number of carbonyl (C=O) groups is 1. The van der Waals surface area contributed by atoms with E-state index in [1.54, 1.807) is 4.90 Å². The first-order valence-electron chi connectivity index (χ1n) is 5.71. The summed E-state index contributed by atoms with van der Waals surface area (Å²) in [7, 11) is 0. The maximum atomic E-state index is 13.0. The lowest BCUT2D eigenvalue weighted by Crippen LogP contribution is -2.25. The molecular formula is C14H11FN2O. The van der Waals surface area contributed by atoms with Gasteiger partial charge in [0.1, 0.15) is 0 Å². The molecule has 2 heterocycles. The zero-order chi connectivity index (χ0) is 12.5. The fourth-order valence-corrected chi connectivity index (χ4v) is 2.19. The van der Waals surface area contributed by atoms with Crippen molar-refractivity contribution in [3.05, 3.63) is 65.2 Å². The van der Waals surface area contributed by atoms with Crippen molar-refractivity contribution in [2.45, 2.75) is 13.1 Å². The number of pyridine rings is 1. The third-order valence-corrected chi connectivity index (χ3v) is 3.10. The number of nitrogens with zero attached hydrogens (tertiary/aromatic N) is 2. The second-order valence-electron chi connectivity index (χ2n) is 4.30. The molecule has 3 rings (SSSR count). The first-order valence-corrected chi connectivity index (χ1v) is 5.71. The minimum Gasteiger partial charge on any atom is -0.330 e. The van der Waals surface area contributed by atoms with Crippen molar-refractivity contribution < 1.29 is 9.18 Å². The molecule has 0 fully saturated rings. The molecule has 0 bridgehead atoms.